The van der Waals surface area contributed by atoms with Crippen LogP contribution in [-0.4, -0.2) is 24.8 Å². The molecule has 0 unspecified atom stereocenters. The van der Waals surface area contributed by atoms with Gasteiger partial charge in [-0.15, -0.1) is 0 Å². The summed E-state index contributed by atoms with van der Waals surface area (Å²) in [7, 11) is 0. The lowest BCUT2D eigenvalue weighted by atomic mass is 9.93. The molecular formula is C46H37N7O4. The van der Waals surface area contributed by atoms with Crippen LogP contribution in [0.15, 0.2) is 170 Å². The van der Waals surface area contributed by atoms with Crippen LogP contribution in [0.4, 0.5) is 45.5 Å². The fourth-order valence-corrected chi connectivity index (χ4v) is 7.21. The van der Waals surface area contributed by atoms with E-state index in [1.54, 1.807) is 24.3 Å². The van der Waals surface area contributed by atoms with E-state index in [1.165, 1.54) is 4.80 Å². The smallest absolute Gasteiger partial charge is 0.311 e. The second-order valence-corrected chi connectivity index (χ2v) is 13.9. The maximum atomic E-state index is 13.2. The number of nitrogens with zero attached hydrogens (tertiary/aromatic N) is 7. The SMILES string of the molecule is CC(C)Cn1nc2c(-c3ccc(N(c4ccccc4)c4ccccc4)cc3)c([N+](=O)[O-])c([N+](=O)[O-])c(-c3ccc(N(c4ccccc4)c4ccccc4)cc3)c2n1. The second kappa shape index (κ2) is 15.6. The number of rotatable bonds is 12. The van der Waals surface area contributed by atoms with Crippen molar-refractivity contribution in [1.29, 1.82) is 0 Å². The monoisotopic (exact) mass is 751 g/mol. The molecule has 0 N–H and O–H groups in total. The average Bonchev–Trinajstić information content (AvgIpc) is 3.65. The third-order valence-corrected chi connectivity index (χ3v) is 9.61. The van der Waals surface area contributed by atoms with Crippen molar-refractivity contribution in [3.8, 4) is 22.3 Å². The van der Waals surface area contributed by atoms with Crippen molar-refractivity contribution < 1.29 is 9.85 Å². The molecule has 1 aromatic heterocycles. The van der Waals surface area contributed by atoms with E-state index in [9.17, 15) is 20.2 Å². The van der Waals surface area contributed by atoms with Gasteiger partial charge < -0.3 is 9.80 Å². The van der Waals surface area contributed by atoms with Gasteiger partial charge in [0.15, 0.2) is 0 Å². The van der Waals surface area contributed by atoms with E-state index < -0.39 is 21.2 Å². The first-order chi connectivity index (χ1) is 27.8. The number of para-hydroxylation sites is 4. The number of nitro benzene ring substituents is 2. The fourth-order valence-electron chi connectivity index (χ4n) is 7.21. The predicted octanol–water partition coefficient (Wildman–Crippen LogP) is 12.2. The van der Waals surface area contributed by atoms with Crippen LogP contribution in [0.2, 0.25) is 0 Å². The number of aromatic nitrogens is 3. The molecule has 0 saturated carbocycles. The minimum Gasteiger partial charge on any atom is -0.311 e. The largest absolute Gasteiger partial charge is 0.356 e. The van der Waals surface area contributed by atoms with Crippen LogP contribution in [-0.2, 0) is 6.54 Å². The second-order valence-electron chi connectivity index (χ2n) is 13.9. The number of hydrogen-bond acceptors (Lipinski definition) is 8. The molecule has 8 aromatic rings. The van der Waals surface area contributed by atoms with Crippen LogP contribution in [0.3, 0.4) is 0 Å². The van der Waals surface area contributed by atoms with Crippen LogP contribution in [0.1, 0.15) is 13.8 Å². The summed E-state index contributed by atoms with van der Waals surface area (Å²) in [6.07, 6.45) is 0. The summed E-state index contributed by atoms with van der Waals surface area (Å²) in [5.74, 6) is 0.131. The molecule has 0 radical (unpaired) electrons. The standard InChI is InChI=1S/C46H37N7O4/c1-32(2)31-49-47-43-41(33-23-27-39(28-24-33)50(35-15-7-3-8-16-35)36-17-9-4-10-18-36)45(52(54)55)46(53(56)57)42(44(43)48-49)34-25-29-40(30-26-34)51(37-19-11-5-12-20-37)38-21-13-6-14-22-38/h3-30,32H,31H2,1-2H3. The third kappa shape index (κ3) is 7.17. The van der Waals surface area contributed by atoms with E-state index in [0.717, 1.165) is 34.1 Å². The summed E-state index contributed by atoms with van der Waals surface area (Å²) in [4.78, 5) is 30.6. The van der Waals surface area contributed by atoms with Crippen LogP contribution >= 0.6 is 0 Å². The first-order valence-electron chi connectivity index (χ1n) is 18.5. The third-order valence-electron chi connectivity index (χ3n) is 9.61. The summed E-state index contributed by atoms with van der Waals surface area (Å²) in [6.45, 7) is 4.42. The average molecular weight is 752 g/mol. The molecule has 57 heavy (non-hydrogen) atoms. The van der Waals surface area contributed by atoms with Crippen molar-refractivity contribution in [2.24, 2.45) is 5.92 Å². The first kappa shape index (κ1) is 36.3. The molecule has 11 heteroatoms. The lowest BCUT2D eigenvalue weighted by molar-refractivity contribution is -0.421. The summed E-state index contributed by atoms with van der Waals surface area (Å²) in [5, 5.41) is 35.9. The molecular weight excluding hydrogens is 715 g/mol. The van der Waals surface area contributed by atoms with Crippen LogP contribution in [0.5, 0.6) is 0 Å². The molecule has 8 rings (SSSR count). The molecule has 0 aliphatic carbocycles. The predicted molar refractivity (Wildman–Crippen MR) is 226 cm³/mol. The number of hydrogen-bond donors (Lipinski definition) is 0. The van der Waals surface area contributed by atoms with Gasteiger partial charge in [-0.2, -0.15) is 15.0 Å². The van der Waals surface area contributed by atoms with Crippen LogP contribution in [0, 0.1) is 26.1 Å². The molecule has 0 bridgehead atoms. The summed E-state index contributed by atoms with van der Waals surface area (Å²) in [5.41, 5.74) is 5.27. The Balaban J connectivity index is 1.31. The van der Waals surface area contributed by atoms with E-state index in [1.807, 2.05) is 159 Å². The van der Waals surface area contributed by atoms with Gasteiger partial charge in [0.05, 0.1) is 27.5 Å². The zero-order chi connectivity index (χ0) is 39.5. The zero-order valence-corrected chi connectivity index (χ0v) is 31.2. The highest BCUT2D eigenvalue weighted by molar-refractivity contribution is 6.10. The van der Waals surface area contributed by atoms with Gasteiger partial charge in [-0.1, -0.05) is 111 Å². The fraction of sp³-hybridized carbons (Fsp3) is 0.0870. The van der Waals surface area contributed by atoms with E-state index in [-0.39, 0.29) is 28.1 Å². The molecule has 11 nitrogen and oxygen atoms in total. The highest BCUT2D eigenvalue weighted by Gasteiger charge is 2.39. The Morgan fingerprint density at radius 2 is 0.754 bits per heavy atom. The van der Waals surface area contributed by atoms with Crippen molar-refractivity contribution in [1.82, 2.24) is 15.0 Å². The Morgan fingerprint density at radius 3 is 1.02 bits per heavy atom. The maximum Gasteiger partial charge on any atom is 0.356 e. The Labute approximate surface area is 329 Å². The van der Waals surface area contributed by atoms with Crippen molar-refractivity contribution in [3.05, 3.63) is 190 Å². The molecule has 280 valence electrons. The molecule has 0 fully saturated rings. The molecule has 1 heterocycles. The topological polar surface area (TPSA) is 123 Å². The summed E-state index contributed by atoms with van der Waals surface area (Å²) >= 11 is 0. The Kier molecular flexibility index (Phi) is 9.94. The Bertz CT molecular complexity index is 2410. The van der Waals surface area contributed by atoms with E-state index in [0.29, 0.717) is 17.7 Å². The van der Waals surface area contributed by atoms with Gasteiger partial charge in [0.2, 0.25) is 0 Å². The first-order valence-corrected chi connectivity index (χ1v) is 18.5. The lowest BCUT2D eigenvalue weighted by Gasteiger charge is -2.25. The number of benzene rings is 7. The number of anilines is 6. The van der Waals surface area contributed by atoms with Crippen LogP contribution in [0.25, 0.3) is 33.3 Å². The quantitative estimate of drug-likeness (QED) is 0.0892. The maximum absolute atomic E-state index is 13.2. The highest BCUT2D eigenvalue weighted by Crippen LogP contribution is 2.50. The number of nitro groups is 2. The normalized spacial score (nSPS) is 11.1. The van der Waals surface area contributed by atoms with Gasteiger partial charge in [-0.05, 0) is 89.8 Å². The number of fused-ring (bicyclic) bond motifs is 1. The van der Waals surface area contributed by atoms with Gasteiger partial charge in [-0.3, -0.25) is 20.2 Å². The van der Waals surface area contributed by atoms with Gasteiger partial charge in [0.1, 0.15) is 11.0 Å². The van der Waals surface area contributed by atoms with Crippen molar-refractivity contribution in [2.45, 2.75) is 20.4 Å². The molecule has 0 aliphatic rings. The summed E-state index contributed by atoms with van der Waals surface area (Å²) < 4.78 is 0. The van der Waals surface area contributed by atoms with E-state index in [2.05, 4.69) is 9.80 Å². The van der Waals surface area contributed by atoms with Crippen LogP contribution < -0.4 is 9.80 Å². The molecule has 0 atom stereocenters. The van der Waals surface area contributed by atoms with Gasteiger partial charge in [0, 0.05) is 34.1 Å². The molecule has 0 spiro atoms. The van der Waals surface area contributed by atoms with Gasteiger partial charge in [-0.25, -0.2) is 0 Å². The van der Waals surface area contributed by atoms with Gasteiger partial charge in [0.25, 0.3) is 0 Å². The Hall–Kier alpha value is -7.66. The molecule has 0 amide bonds. The van der Waals surface area contributed by atoms with E-state index in [4.69, 9.17) is 10.2 Å². The molecule has 7 aromatic carbocycles. The van der Waals surface area contributed by atoms with Crippen molar-refractivity contribution in [3.63, 3.8) is 0 Å². The molecule has 0 aliphatic heterocycles. The lowest BCUT2D eigenvalue weighted by Crippen LogP contribution is -2.09. The van der Waals surface area contributed by atoms with E-state index >= 15 is 0 Å². The Morgan fingerprint density at radius 1 is 0.474 bits per heavy atom. The minimum atomic E-state index is -0.674. The van der Waals surface area contributed by atoms with Gasteiger partial charge >= 0.3 is 11.4 Å². The van der Waals surface area contributed by atoms with Crippen molar-refractivity contribution >= 4 is 56.5 Å². The minimum absolute atomic E-state index is 0.0360. The van der Waals surface area contributed by atoms with Crippen molar-refractivity contribution in [2.75, 3.05) is 9.80 Å². The molecule has 0 saturated heterocycles. The summed E-state index contributed by atoms with van der Waals surface area (Å²) in [6, 6.07) is 53.8. The highest BCUT2D eigenvalue weighted by atomic mass is 16.6. The zero-order valence-electron chi connectivity index (χ0n) is 31.2.